The summed E-state index contributed by atoms with van der Waals surface area (Å²) in [5.41, 5.74) is 3.82. The van der Waals surface area contributed by atoms with Gasteiger partial charge in [-0.05, 0) is 113 Å². The van der Waals surface area contributed by atoms with Crippen LogP contribution in [0.1, 0.15) is 140 Å². The van der Waals surface area contributed by atoms with E-state index in [1.54, 1.807) is 76.2 Å². The van der Waals surface area contributed by atoms with E-state index < -0.39 is 108 Å². The zero-order valence-electron chi connectivity index (χ0n) is 53.4. The lowest BCUT2D eigenvalue weighted by Crippen LogP contribution is -2.55. The molecule has 86 heavy (non-hydrogen) atoms. The highest BCUT2D eigenvalue weighted by Crippen LogP contribution is 2.26. The highest BCUT2D eigenvalue weighted by atomic mass is 19.1. The normalized spacial score (nSPS) is 22.5. The molecule has 20 nitrogen and oxygen atoms in total. The number of rotatable bonds is 16. The Bertz CT molecular complexity index is 2830. The molecule has 3 heterocycles. The Labute approximate surface area is 505 Å². The number of aromatic nitrogens is 4. The van der Waals surface area contributed by atoms with E-state index in [4.69, 9.17) is 18.9 Å². The molecular formula is C64H90F2N8O12. The predicted octanol–water partition coefficient (Wildman–Crippen LogP) is 7.67. The van der Waals surface area contributed by atoms with Gasteiger partial charge in [-0.1, -0.05) is 104 Å². The van der Waals surface area contributed by atoms with Crippen molar-refractivity contribution in [2.45, 2.75) is 197 Å². The van der Waals surface area contributed by atoms with Crippen LogP contribution >= 0.6 is 0 Å². The highest BCUT2D eigenvalue weighted by Gasteiger charge is 2.43. The summed E-state index contributed by atoms with van der Waals surface area (Å²) in [5, 5.41) is 8.59. The van der Waals surface area contributed by atoms with E-state index in [1.165, 1.54) is 51.4 Å². The van der Waals surface area contributed by atoms with Crippen molar-refractivity contribution >= 4 is 47.5 Å². The first-order valence-electron chi connectivity index (χ1n) is 29.6. The van der Waals surface area contributed by atoms with Crippen molar-refractivity contribution in [3.8, 4) is 0 Å². The van der Waals surface area contributed by atoms with Crippen LogP contribution in [0, 0.1) is 63.0 Å². The molecular weight excluding hydrogens is 1110 g/mol. The number of benzene rings is 2. The van der Waals surface area contributed by atoms with Gasteiger partial charge >= 0.3 is 23.9 Å². The highest BCUT2D eigenvalue weighted by molar-refractivity contribution is 5.94. The van der Waals surface area contributed by atoms with Crippen molar-refractivity contribution in [3.63, 3.8) is 0 Å². The monoisotopic (exact) mass is 1200 g/mol. The van der Waals surface area contributed by atoms with Crippen LogP contribution < -0.4 is 0 Å². The Hall–Kier alpha value is -7.52. The van der Waals surface area contributed by atoms with Crippen LogP contribution in [0.25, 0.3) is 0 Å². The Kier molecular flexibility index (Phi) is 24.3. The third-order valence-corrected chi connectivity index (χ3v) is 15.6. The Balaban J connectivity index is 1.59. The van der Waals surface area contributed by atoms with Crippen molar-refractivity contribution in [1.82, 2.24) is 39.2 Å². The molecule has 0 unspecified atom stereocenters. The van der Waals surface area contributed by atoms with Gasteiger partial charge < -0.3 is 38.5 Å². The fraction of sp³-hybridized carbons (Fsp3) is 0.594. The molecule has 1 aliphatic rings. The molecule has 1 saturated heterocycles. The van der Waals surface area contributed by atoms with Gasteiger partial charge in [0.15, 0.2) is 36.1 Å². The number of amides is 4. The zero-order valence-corrected chi connectivity index (χ0v) is 53.4. The summed E-state index contributed by atoms with van der Waals surface area (Å²) >= 11 is 0. The molecule has 0 spiro atoms. The summed E-state index contributed by atoms with van der Waals surface area (Å²) in [7, 11) is 5.44. The number of halogens is 2. The number of aryl methyl sites for hydroxylation is 2. The van der Waals surface area contributed by atoms with Crippen molar-refractivity contribution in [2.75, 3.05) is 28.2 Å². The van der Waals surface area contributed by atoms with Crippen molar-refractivity contribution < 1.29 is 66.1 Å². The van der Waals surface area contributed by atoms with Gasteiger partial charge in [0.25, 0.3) is 23.6 Å². The number of hydrogen-bond donors (Lipinski definition) is 0. The SMILES string of the molecule is Cc1nn(Cc2ccc(C[C@H]3OC(=O)[C@H](CC(C)C)N(C)C(=O)[C@@H](C)OC(=O)[C@H](CC(C)C)N(C)C(=O)[C@@H](Cc4ccc(Cn5nc(C)c(F)c5C)cc4)OC(=O)[C@H](CC(C)C)N(C)C(=O)[C@@H](C)OC(=O)[C@H](CC(C)C)N(C)C3=O)cc2)c(C)c1F. The number of nitrogens with zero attached hydrogens (tertiary/aromatic N) is 8. The van der Waals surface area contributed by atoms with Gasteiger partial charge in [0.2, 0.25) is 0 Å². The summed E-state index contributed by atoms with van der Waals surface area (Å²) in [5.74, 6) is -8.75. The fourth-order valence-electron chi connectivity index (χ4n) is 10.5. The summed E-state index contributed by atoms with van der Waals surface area (Å²) in [6.45, 7) is 24.2. The predicted molar refractivity (Wildman–Crippen MR) is 317 cm³/mol. The number of carbonyl (C=O) groups excluding carboxylic acids is 8. The maximum absolute atomic E-state index is 15.1. The van der Waals surface area contributed by atoms with Crippen LogP contribution in [0.15, 0.2) is 48.5 Å². The van der Waals surface area contributed by atoms with E-state index in [0.717, 1.165) is 30.7 Å². The van der Waals surface area contributed by atoms with Crippen LogP contribution in [-0.2, 0) is 83.2 Å². The minimum absolute atomic E-state index is 0.0422. The summed E-state index contributed by atoms with van der Waals surface area (Å²) in [4.78, 5) is 122. The minimum Gasteiger partial charge on any atom is -0.451 e. The maximum atomic E-state index is 15.1. The van der Waals surface area contributed by atoms with E-state index in [-0.39, 0.29) is 86.7 Å². The molecule has 472 valence electrons. The summed E-state index contributed by atoms with van der Waals surface area (Å²) in [6.07, 6.45) is -6.49. The zero-order chi connectivity index (χ0) is 64.3. The molecule has 0 radical (unpaired) electrons. The topological polar surface area (TPSA) is 222 Å². The second-order valence-electron chi connectivity index (χ2n) is 24.7. The first kappa shape index (κ1) is 69.3. The standard InChI is InChI=1S/C64H90F2N8O12/c1-35(2)27-49-61(79)83-43(13)57(75)69(15)52(30-38(7)8)64(82)86-54(32-46-21-25-48(26-22-46)34-74-42(12)56(66)40(10)68-74)60(78)72(18)50(28-36(3)4)62(80)84-44(14)58(76)70(16)51(29-37(5)6)63(81)85-53(59(77)71(49)17)31-45-19-23-47(24-20-45)33-73-41(11)55(65)39(9)67-73/h19-26,35-38,43-44,49-54H,27-34H2,1-18H3/t43-,44-,49+,50+,51+,52+,53-,54-/m1/s1. The number of ether oxygens (including phenoxy) is 4. The van der Waals surface area contributed by atoms with Crippen LogP contribution in [0.3, 0.4) is 0 Å². The lowest BCUT2D eigenvalue weighted by molar-refractivity contribution is -0.176. The Morgan fingerprint density at radius 1 is 0.407 bits per heavy atom. The molecule has 1 aliphatic heterocycles. The summed E-state index contributed by atoms with van der Waals surface area (Å²) < 4.78 is 56.4. The van der Waals surface area contributed by atoms with Gasteiger partial charge in [-0.25, -0.2) is 28.0 Å². The first-order valence-corrected chi connectivity index (χ1v) is 29.6. The smallest absolute Gasteiger partial charge is 0.329 e. The molecule has 1 fully saturated rings. The molecule has 2 aromatic carbocycles. The van der Waals surface area contributed by atoms with E-state index in [9.17, 15) is 37.5 Å². The third kappa shape index (κ3) is 17.8. The molecule has 2 aromatic heterocycles. The van der Waals surface area contributed by atoms with Crippen LogP contribution in [0.5, 0.6) is 0 Å². The minimum atomic E-state index is -1.60. The summed E-state index contributed by atoms with van der Waals surface area (Å²) in [6, 6.07) is 8.64. The molecule has 22 heteroatoms. The van der Waals surface area contributed by atoms with Gasteiger partial charge in [0.1, 0.15) is 24.2 Å². The van der Waals surface area contributed by atoms with Gasteiger partial charge in [-0.3, -0.25) is 28.5 Å². The van der Waals surface area contributed by atoms with Crippen LogP contribution in [-0.4, -0.2) is 163 Å². The van der Waals surface area contributed by atoms with Gasteiger partial charge in [0, 0.05) is 41.0 Å². The van der Waals surface area contributed by atoms with Crippen LogP contribution in [0.2, 0.25) is 0 Å². The van der Waals surface area contributed by atoms with E-state index in [1.807, 2.05) is 55.4 Å². The molecule has 5 rings (SSSR count). The van der Waals surface area contributed by atoms with Gasteiger partial charge in [-0.15, -0.1) is 0 Å². The number of likely N-dealkylation sites (N-methyl/N-ethyl adjacent to an activating group) is 4. The average Bonchev–Trinajstić information content (AvgIpc) is 2.04. The van der Waals surface area contributed by atoms with Crippen molar-refractivity contribution in [1.29, 1.82) is 0 Å². The average molecular weight is 1200 g/mol. The first-order chi connectivity index (χ1) is 40.2. The number of carbonyl (C=O) groups is 8. The second kappa shape index (κ2) is 30.2. The van der Waals surface area contributed by atoms with E-state index in [2.05, 4.69) is 10.2 Å². The molecule has 4 amide bonds. The van der Waals surface area contributed by atoms with Gasteiger partial charge in [0.05, 0.1) is 35.9 Å². The Morgan fingerprint density at radius 3 is 0.895 bits per heavy atom. The van der Waals surface area contributed by atoms with Crippen molar-refractivity contribution in [3.05, 3.63) is 105 Å². The molecule has 0 aliphatic carbocycles. The molecule has 0 saturated carbocycles. The second-order valence-corrected chi connectivity index (χ2v) is 24.7. The lowest BCUT2D eigenvalue weighted by Gasteiger charge is -2.35. The number of hydrogen-bond acceptors (Lipinski definition) is 14. The van der Waals surface area contributed by atoms with Gasteiger partial charge in [-0.2, -0.15) is 10.2 Å². The van der Waals surface area contributed by atoms with Crippen molar-refractivity contribution in [2.24, 2.45) is 23.7 Å². The number of esters is 4. The Morgan fingerprint density at radius 2 is 0.651 bits per heavy atom. The van der Waals surface area contributed by atoms with Crippen LogP contribution in [0.4, 0.5) is 8.78 Å². The molecule has 0 bridgehead atoms. The third-order valence-electron chi connectivity index (χ3n) is 15.6. The number of cyclic esters (lactones) is 4. The van der Waals surface area contributed by atoms with E-state index >= 15 is 9.59 Å². The molecule has 8 atom stereocenters. The quantitative estimate of drug-likeness (QED) is 0.0776. The molecule has 0 N–H and O–H groups in total. The maximum Gasteiger partial charge on any atom is 0.329 e. The van der Waals surface area contributed by atoms with E-state index in [0.29, 0.717) is 22.5 Å². The molecule has 4 aromatic rings. The largest absolute Gasteiger partial charge is 0.451 e. The lowest BCUT2D eigenvalue weighted by atomic mass is 9.99. The fourth-order valence-corrected chi connectivity index (χ4v) is 10.5.